The van der Waals surface area contributed by atoms with Gasteiger partial charge in [-0.25, -0.2) is 14.1 Å². The van der Waals surface area contributed by atoms with Crippen LogP contribution in [0.4, 0.5) is 4.39 Å². The van der Waals surface area contributed by atoms with Crippen molar-refractivity contribution in [1.29, 1.82) is 0 Å². The minimum atomic E-state index is -0.200. The van der Waals surface area contributed by atoms with Crippen molar-refractivity contribution in [1.82, 2.24) is 14.8 Å². The molecule has 0 N–H and O–H groups in total. The first-order valence-corrected chi connectivity index (χ1v) is 6.40. The van der Waals surface area contributed by atoms with Crippen molar-refractivity contribution in [2.24, 2.45) is 0 Å². The van der Waals surface area contributed by atoms with Crippen molar-refractivity contribution in [2.75, 3.05) is 0 Å². The number of benzene rings is 2. The molecule has 0 atom stereocenters. The second-order valence-corrected chi connectivity index (χ2v) is 4.75. The van der Waals surface area contributed by atoms with Crippen LogP contribution < -0.4 is 0 Å². The summed E-state index contributed by atoms with van der Waals surface area (Å²) >= 11 is 0. The smallest absolute Gasteiger partial charge is 0.137 e. The highest BCUT2D eigenvalue weighted by Gasteiger charge is 2.03. The Hall–Kier alpha value is -2.49. The first-order valence-electron chi connectivity index (χ1n) is 6.40. The molecule has 0 aliphatic carbocycles. The third-order valence-corrected chi connectivity index (χ3v) is 3.26. The summed E-state index contributed by atoms with van der Waals surface area (Å²) in [5.74, 6) is -0.200. The van der Waals surface area contributed by atoms with Crippen molar-refractivity contribution in [3.8, 4) is 11.1 Å². The number of halogens is 1. The number of hydrogen-bond acceptors (Lipinski definition) is 2. The summed E-state index contributed by atoms with van der Waals surface area (Å²) in [6, 6.07) is 13.1. The topological polar surface area (TPSA) is 30.7 Å². The van der Waals surface area contributed by atoms with Gasteiger partial charge in [0, 0.05) is 0 Å². The zero-order valence-electron chi connectivity index (χ0n) is 11.1. The van der Waals surface area contributed by atoms with Crippen LogP contribution in [0.15, 0.2) is 55.1 Å². The van der Waals surface area contributed by atoms with E-state index in [0.717, 1.165) is 22.3 Å². The maximum Gasteiger partial charge on any atom is 0.137 e. The predicted octanol–water partition coefficient (Wildman–Crippen LogP) is 3.44. The molecule has 0 aliphatic rings. The molecule has 3 nitrogen and oxygen atoms in total. The zero-order valence-corrected chi connectivity index (χ0v) is 11.1. The molecule has 0 bridgehead atoms. The van der Waals surface area contributed by atoms with Crippen LogP contribution in [0.5, 0.6) is 0 Å². The highest BCUT2D eigenvalue weighted by molar-refractivity contribution is 5.67. The normalized spacial score (nSPS) is 10.7. The maximum atomic E-state index is 13.1. The quantitative estimate of drug-likeness (QED) is 0.727. The summed E-state index contributed by atoms with van der Waals surface area (Å²) in [6.07, 6.45) is 3.22. The summed E-state index contributed by atoms with van der Waals surface area (Å²) in [4.78, 5) is 3.92. The second kappa shape index (κ2) is 5.25. The summed E-state index contributed by atoms with van der Waals surface area (Å²) in [5, 5.41) is 4.08. The fraction of sp³-hybridized carbons (Fsp3) is 0.125. The van der Waals surface area contributed by atoms with Crippen LogP contribution in [0, 0.1) is 12.7 Å². The number of rotatable bonds is 3. The molecule has 1 heterocycles. The Morgan fingerprint density at radius 3 is 2.55 bits per heavy atom. The minimum absolute atomic E-state index is 0.200. The van der Waals surface area contributed by atoms with Crippen LogP contribution >= 0.6 is 0 Å². The molecule has 3 aromatic rings. The van der Waals surface area contributed by atoms with Gasteiger partial charge in [-0.05, 0) is 41.3 Å². The number of nitrogens with zero attached hydrogens (tertiary/aromatic N) is 3. The van der Waals surface area contributed by atoms with Crippen molar-refractivity contribution in [3.05, 3.63) is 72.1 Å². The Bertz CT molecular complexity index is 703. The Kier molecular flexibility index (Phi) is 3.29. The Labute approximate surface area is 116 Å². The minimum Gasteiger partial charge on any atom is -0.249 e. The Morgan fingerprint density at radius 2 is 1.90 bits per heavy atom. The molecular weight excluding hydrogens is 253 g/mol. The van der Waals surface area contributed by atoms with Gasteiger partial charge in [-0.1, -0.05) is 30.3 Å². The van der Waals surface area contributed by atoms with Crippen molar-refractivity contribution >= 4 is 0 Å². The average molecular weight is 267 g/mol. The van der Waals surface area contributed by atoms with Gasteiger partial charge in [-0.15, -0.1) is 0 Å². The molecule has 0 unspecified atom stereocenters. The van der Waals surface area contributed by atoms with Gasteiger partial charge in [0.25, 0.3) is 0 Å². The molecule has 100 valence electrons. The van der Waals surface area contributed by atoms with Crippen molar-refractivity contribution in [3.63, 3.8) is 0 Å². The molecule has 1 aromatic heterocycles. The second-order valence-electron chi connectivity index (χ2n) is 4.75. The lowest BCUT2D eigenvalue weighted by Gasteiger charge is -2.07. The van der Waals surface area contributed by atoms with E-state index >= 15 is 0 Å². The highest BCUT2D eigenvalue weighted by Crippen LogP contribution is 2.24. The summed E-state index contributed by atoms with van der Waals surface area (Å²) in [7, 11) is 0. The lowest BCUT2D eigenvalue weighted by atomic mass is 9.99. The van der Waals surface area contributed by atoms with E-state index in [1.807, 2.05) is 25.1 Å². The summed E-state index contributed by atoms with van der Waals surface area (Å²) < 4.78 is 14.9. The van der Waals surface area contributed by atoms with Gasteiger partial charge in [0.05, 0.1) is 6.54 Å². The van der Waals surface area contributed by atoms with Gasteiger partial charge in [-0.3, -0.25) is 0 Å². The maximum absolute atomic E-state index is 13.1. The van der Waals surface area contributed by atoms with E-state index in [1.54, 1.807) is 17.1 Å². The van der Waals surface area contributed by atoms with E-state index in [0.29, 0.717) is 6.54 Å². The molecule has 0 amide bonds. The van der Waals surface area contributed by atoms with Crippen LogP contribution in [-0.4, -0.2) is 14.8 Å². The molecular formula is C16H14FN3. The molecule has 4 heteroatoms. The molecule has 0 saturated heterocycles. The zero-order chi connectivity index (χ0) is 13.9. The molecule has 0 saturated carbocycles. The van der Waals surface area contributed by atoms with Crippen molar-refractivity contribution in [2.45, 2.75) is 13.5 Å². The van der Waals surface area contributed by atoms with Gasteiger partial charge >= 0.3 is 0 Å². The first-order chi connectivity index (χ1) is 9.72. The van der Waals surface area contributed by atoms with Gasteiger partial charge in [0.15, 0.2) is 0 Å². The fourth-order valence-corrected chi connectivity index (χ4v) is 2.24. The van der Waals surface area contributed by atoms with E-state index in [-0.39, 0.29) is 5.82 Å². The number of hydrogen-bond donors (Lipinski definition) is 0. The summed E-state index contributed by atoms with van der Waals surface area (Å²) in [5.41, 5.74) is 4.23. The lowest BCUT2D eigenvalue weighted by Crippen LogP contribution is -1.99. The van der Waals surface area contributed by atoms with E-state index in [4.69, 9.17) is 0 Å². The van der Waals surface area contributed by atoms with Crippen LogP contribution in [0.3, 0.4) is 0 Å². The van der Waals surface area contributed by atoms with Gasteiger partial charge < -0.3 is 0 Å². The number of aromatic nitrogens is 3. The predicted molar refractivity (Wildman–Crippen MR) is 75.7 cm³/mol. The van der Waals surface area contributed by atoms with E-state index in [2.05, 4.69) is 22.2 Å². The lowest BCUT2D eigenvalue weighted by molar-refractivity contribution is 0.627. The van der Waals surface area contributed by atoms with Gasteiger partial charge in [-0.2, -0.15) is 5.10 Å². The average Bonchev–Trinajstić information content (AvgIpc) is 2.93. The molecule has 3 rings (SSSR count). The molecule has 0 radical (unpaired) electrons. The van der Waals surface area contributed by atoms with Crippen LogP contribution in [0.1, 0.15) is 11.1 Å². The van der Waals surface area contributed by atoms with E-state index < -0.39 is 0 Å². The molecule has 0 spiro atoms. The third-order valence-electron chi connectivity index (χ3n) is 3.26. The van der Waals surface area contributed by atoms with E-state index in [9.17, 15) is 4.39 Å². The number of aryl methyl sites for hydroxylation is 1. The molecule has 0 aliphatic heterocycles. The first kappa shape index (κ1) is 12.5. The van der Waals surface area contributed by atoms with Crippen molar-refractivity contribution < 1.29 is 4.39 Å². The largest absolute Gasteiger partial charge is 0.249 e. The Morgan fingerprint density at radius 1 is 1.10 bits per heavy atom. The standard InChI is InChI=1S/C16H14FN3/c1-12-8-15(17)6-7-16(12)14-4-2-13(3-5-14)9-20-11-18-10-19-20/h2-8,10-11H,9H2,1H3. The monoisotopic (exact) mass is 267 g/mol. The van der Waals surface area contributed by atoms with Crippen LogP contribution in [0.2, 0.25) is 0 Å². The van der Waals surface area contributed by atoms with Gasteiger partial charge in [0.1, 0.15) is 18.5 Å². The van der Waals surface area contributed by atoms with E-state index in [1.165, 1.54) is 12.4 Å². The highest BCUT2D eigenvalue weighted by atomic mass is 19.1. The molecule has 20 heavy (non-hydrogen) atoms. The molecule has 0 fully saturated rings. The van der Waals surface area contributed by atoms with Gasteiger partial charge in [0.2, 0.25) is 0 Å². The van der Waals surface area contributed by atoms with Crippen LogP contribution in [-0.2, 0) is 6.54 Å². The Balaban J connectivity index is 1.85. The fourth-order valence-electron chi connectivity index (χ4n) is 2.24. The summed E-state index contributed by atoms with van der Waals surface area (Å²) in [6.45, 7) is 2.62. The SMILES string of the molecule is Cc1cc(F)ccc1-c1ccc(Cn2cncn2)cc1. The molecule has 2 aromatic carbocycles. The third kappa shape index (κ3) is 2.59. The van der Waals surface area contributed by atoms with Crippen LogP contribution in [0.25, 0.3) is 11.1 Å².